The number of nitrogens with one attached hydrogen (secondary N) is 1. The molecule has 3 rings (SSSR count). The van der Waals surface area contributed by atoms with Gasteiger partial charge in [0.2, 0.25) is 0 Å². The van der Waals surface area contributed by atoms with E-state index in [4.69, 9.17) is 14.2 Å². The molecule has 144 valence electrons. The molecule has 0 aliphatic carbocycles. The number of ether oxygens (including phenoxy) is 3. The summed E-state index contributed by atoms with van der Waals surface area (Å²) in [4.78, 5) is 12.5. The normalized spacial score (nSPS) is 16.1. The van der Waals surface area contributed by atoms with Gasteiger partial charge in [-0.3, -0.25) is 4.79 Å². The predicted molar refractivity (Wildman–Crippen MR) is 105 cm³/mol. The summed E-state index contributed by atoms with van der Waals surface area (Å²) < 4.78 is 16.8. The van der Waals surface area contributed by atoms with E-state index in [1.807, 2.05) is 42.5 Å². The van der Waals surface area contributed by atoms with Crippen LogP contribution in [0.5, 0.6) is 17.2 Å². The first-order valence-corrected chi connectivity index (χ1v) is 9.21. The third-order valence-corrected chi connectivity index (χ3v) is 4.65. The van der Waals surface area contributed by atoms with Gasteiger partial charge in [0, 0.05) is 17.5 Å². The van der Waals surface area contributed by atoms with E-state index < -0.39 is 0 Å². The highest BCUT2D eigenvalue weighted by Crippen LogP contribution is 2.34. The second-order valence-electron chi connectivity index (χ2n) is 7.70. The summed E-state index contributed by atoms with van der Waals surface area (Å²) in [5.41, 5.74) is 1.89. The maximum Gasteiger partial charge on any atom is 0.258 e. The van der Waals surface area contributed by atoms with E-state index in [0.717, 1.165) is 29.0 Å². The molecule has 0 aromatic heterocycles. The first-order chi connectivity index (χ1) is 12.9. The van der Waals surface area contributed by atoms with Crippen LogP contribution in [0.1, 0.15) is 44.4 Å². The molecule has 1 aliphatic rings. The second-order valence-corrected chi connectivity index (χ2v) is 7.70. The van der Waals surface area contributed by atoms with Gasteiger partial charge in [0.05, 0.1) is 19.8 Å². The van der Waals surface area contributed by atoms with Gasteiger partial charge in [-0.2, -0.15) is 0 Å². The molecule has 0 saturated heterocycles. The average Bonchev–Trinajstić information content (AvgIpc) is 2.66. The fourth-order valence-corrected chi connectivity index (χ4v) is 3.22. The fourth-order valence-electron chi connectivity index (χ4n) is 3.22. The highest BCUT2D eigenvalue weighted by atomic mass is 16.5. The van der Waals surface area contributed by atoms with Crippen molar-refractivity contribution in [2.24, 2.45) is 0 Å². The first kappa shape index (κ1) is 19.1. The minimum Gasteiger partial charge on any atom is -0.497 e. The lowest BCUT2D eigenvalue weighted by atomic mass is 9.86. The van der Waals surface area contributed by atoms with Crippen molar-refractivity contribution in [1.29, 1.82) is 0 Å². The van der Waals surface area contributed by atoms with E-state index in [9.17, 15) is 4.79 Å². The second kappa shape index (κ2) is 7.91. The molecule has 1 aliphatic heterocycles. The van der Waals surface area contributed by atoms with Gasteiger partial charge in [0.1, 0.15) is 17.2 Å². The van der Waals surface area contributed by atoms with Crippen LogP contribution in [0.3, 0.4) is 0 Å². The molecule has 0 fully saturated rings. The number of methoxy groups -OCH3 is 1. The van der Waals surface area contributed by atoms with Gasteiger partial charge in [-0.1, -0.05) is 39.0 Å². The number of hydrogen-bond donors (Lipinski definition) is 1. The van der Waals surface area contributed by atoms with Crippen molar-refractivity contribution >= 4 is 5.91 Å². The molecule has 0 bridgehead atoms. The lowest BCUT2D eigenvalue weighted by molar-refractivity contribution is -0.124. The number of hydrogen-bond acceptors (Lipinski definition) is 4. The molecule has 1 unspecified atom stereocenters. The van der Waals surface area contributed by atoms with E-state index >= 15 is 0 Å². The van der Waals surface area contributed by atoms with E-state index in [-0.39, 0.29) is 24.0 Å². The Morgan fingerprint density at radius 2 is 2.00 bits per heavy atom. The molecular formula is C22H27NO4. The van der Waals surface area contributed by atoms with Crippen LogP contribution in [0, 0.1) is 0 Å². The average molecular weight is 369 g/mol. The molecule has 0 saturated carbocycles. The Balaban J connectivity index is 1.67. The predicted octanol–water partition coefficient (Wildman–Crippen LogP) is 4.01. The number of carbonyl (C=O) groups is 1. The van der Waals surface area contributed by atoms with Crippen LogP contribution in [-0.4, -0.2) is 26.2 Å². The number of carbonyl (C=O) groups excluding carboxylic acids is 1. The minimum absolute atomic E-state index is 0.0328. The van der Waals surface area contributed by atoms with Crippen molar-refractivity contribution in [3.8, 4) is 17.2 Å². The smallest absolute Gasteiger partial charge is 0.258 e. The lowest BCUT2D eigenvalue weighted by Gasteiger charge is -2.27. The molecule has 5 heteroatoms. The maximum atomic E-state index is 12.5. The number of para-hydroxylation sites is 1. The zero-order valence-electron chi connectivity index (χ0n) is 16.4. The van der Waals surface area contributed by atoms with Crippen LogP contribution in [0.4, 0.5) is 0 Å². The quantitative estimate of drug-likeness (QED) is 0.865. The van der Waals surface area contributed by atoms with Gasteiger partial charge in [0.15, 0.2) is 6.61 Å². The maximum absolute atomic E-state index is 12.5. The SMILES string of the molecule is COc1ccc(OCC(=O)NC2CCOc3ccccc32)c(C(C)(C)C)c1. The highest BCUT2D eigenvalue weighted by Gasteiger charge is 2.24. The summed E-state index contributed by atoms with van der Waals surface area (Å²) in [6.07, 6.45) is 0.749. The van der Waals surface area contributed by atoms with Gasteiger partial charge in [0.25, 0.3) is 5.91 Å². The Morgan fingerprint density at radius 1 is 1.22 bits per heavy atom. The lowest BCUT2D eigenvalue weighted by Crippen LogP contribution is -2.35. The third-order valence-electron chi connectivity index (χ3n) is 4.65. The molecule has 5 nitrogen and oxygen atoms in total. The van der Waals surface area contributed by atoms with Crippen LogP contribution in [0.25, 0.3) is 0 Å². The van der Waals surface area contributed by atoms with Crippen molar-refractivity contribution in [3.63, 3.8) is 0 Å². The van der Waals surface area contributed by atoms with Gasteiger partial charge in [-0.05, 0) is 29.7 Å². The Kier molecular flexibility index (Phi) is 5.59. The minimum atomic E-state index is -0.146. The zero-order valence-corrected chi connectivity index (χ0v) is 16.4. The van der Waals surface area contributed by atoms with E-state index in [1.54, 1.807) is 7.11 Å². The van der Waals surface area contributed by atoms with Crippen molar-refractivity contribution in [3.05, 3.63) is 53.6 Å². The molecule has 27 heavy (non-hydrogen) atoms. The Morgan fingerprint density at radius 3 is 2.74 bits per heavy atom. The summed E-state index contributed by atoms with van der Waals surface area (Å²) in [5.74, 6) is 2.16. The number of rotatable bonds is 5. The van der Waals surface area contributed by atoms with Crippen LogP contribution in [0.2, 0.25) is 0 Å². The largest absolute Gasteiger partial charge is 0.497 e. The van der Waals surface area contributed by atoms with Gasteiger partial charge in [-0.25, -0.2) is 0 Å². The third kappa shape index (κ3) is 4.54. The van der Waals surface area contributed by atoms with E-state index in [1.165, 1.54) is 0 Å². The molecule has 2 aromatic rings. The number of amides is 1. The van der Waals surface area contributed by atoms with Gasteiger partial charge < -0.3 is 19.5 Å². The topological polar surface area (TPSA) is 56.8 Å². The van der Waals surface area contributed by atoms with Gasteiger partial charge >= 0.3 is 0 Å². The molecule has 0 spiro atoms. The van der Waals surface area contributed by atoms with Crippen LogP contribution >= 0.6 is 0 Å². The first-order valence-electron chi connectivity index (χ1n) is 9.21. The van der Waals surface area contributed by atoms with E-state index in [0.29, 0.717) is 12.4 Å². The van der Waals surface area contributed by atoms with Crippen LogP contribution in [0.15, 0.2) is 42.5 Å². The Bertz CT molecular complexity index is 810. The summed E-state index contributed by atoms with van der Waals surface area (Å²) >= 11 is 0. The molecule has 1 N–H and O–H groups in total. The van der Waals surface area contributed by atoms with Crippen molar-refractivity contribution < 1.29 is 19.0 Å². The molecule has 1 atom stereocenters. The molecular weight excluding hydrogens is 342 g/mol. The standard InChI is InChI=1S/C22H27NO4/c1-22(2,3)17-13-15(25-4)9-10-20(17)27-14-21(24)23-18-11-12-26-19-8-6-5-7-16(18)19/h5-10,13,18H,11-12,14H2,1-4H3,(H,23,24). The Hall–Kier alpha value is -2.69. The summed E-state index contributed by atoms with van der Waals surface area (Å²) in [7, 11) is 1.64. The summed E-state index contributed by atoms with van der Waals surface area (Å²) in [6, 6.07) is 13.4. The van der Waals surface area contributed by atoms with Crippen molar-refractivity contribution in [2.75, 3.05) is 20.3 Å². The van der Waals surface area contributed by atoms with E-state index in [2.05, 4.69) is 26.1 Å². The Labute approximate surface area is 160 Å². The summed E-state index contributed by atoms with van der Waals surface area (Å²) in [5, 5.41) is 3.06. The summed E-state index contributed by atoms with van der Waals surface area (Å²) in [6.45, 7) is 6.87. The monoisotopic (exact) mass is 369 g/mol. The molecule has 1 heterocycles. The van der Waals surface area contributed by atoms with Crippen LogP contribution in [-0.2, 0) is 10.2 Å². The molecule has 1 amide bonds. The van der Waals surface area contributed by atoms with Crippen LogP contribution < -0.4 is 19.5 Å². The number of fused-ring (bicyclic) bond motifs is 1. The van der Waals surface area contributed by atoms with Crippen molar-refractivity contribution in [2.45, 2.75) is 38.6 Å². The highest BCUT2D eigenvalue weighted by molar-refractivity contribution is 5.78. The molecule has 0 radical (unpaired) electrons. The molecule has 2 aromatic carbocycles. The number of benzene rings is 2. The van der Waals surface area contributed by atoms with Crippen molar-refractivity contribution in [1.82, 2.24) is 5.32 Å². The zero-order chi connectivity index (χ0) is 19.4. The fraction of sp³-hybridized carbons (Fsp3) is 0.409. The van der Waals surface area contributed by atoms with Gasteiger partial charge in [-0.15, -0.1) is 0 Å².